The number of hydrogen-bond acceptors (Lipinski definition) is 7. The van der Waals surface area contributed by atoms with Crippen molar-refractivity contribution in [3.05, 3.63) is 18.1 Å². The highest BCUT2D eigenvalue weighted by Gasteiger charge is 2.25. The van der Waals surface area contributed by atoms with Crippen LogP contribution < -0.4 is 4.74 Å². The van der Waals surface area contributed by atoms with Gasteiger partial charge in [0.1, 0.15) is 0 Å². The summed E-state index contributed by atoms with van der Waals surface area (Å²) in [6.07, 6.45) is 5.65. The minimum atomic E-state index is -3.37. The van der Waals surface area contributed by atoms with Gasteiger partial charge in [-0.05, 0) is 6.42 Å². The van der Waals surface area contributed by atoms with Crippen LogP contribution >= 0.6 is 0 Å². The van der Waals surface area contributed by atoms with E-state index in [1.807, 2.05) is 0 Å². The van der Waals surface area contributed by atoms with Crippen LogP contribution in [0, 0.1) is 0 Å². The molecule has 0 saturated carbocycles. The van der Waals surface area contributed by atoms with Crippen LogP contribution in [0.2, 0.25) is 0 Å². The Hall–Kier alpha value is -1.25. The van der Waals surface area contributed by atoms with Crippen LogP contribution in [-0.2, 0) is 20.7 Å². The monoisotopic (exact) mass is 301 g/mol. The molecule has 0 amide bonds. The van der Waals surface area contributed by atoms with E-state index in [4.69, 9.17) is 8.92 Å². The molecule has 0 spiro atoms. The molecule has 7 nitrogen and oxygen atoms in total. The first-order chi connectivity index (χ1) is 9.46. The molecule has 2 heterocycles. The van der Waals surface area contributed by atoms with E-state index >= 15 is 0 Å². The number of nitrogens with zero attached hydrogens (tertiary/aromatic N) is 3. The fourth-order valence-corrected chi connectivity index (χ4v) is 2.83. The van der Waals surface area contributed by atoms with Gasteiger partial charge in [0.15, 0.2) is 0 Å². The average Bonchev–Trinajstić information content (AvgIpc) is 2.82. The van der Waals surface area contributed by atoms with E-state index in [-0.39, 0.29) is 6.10 Å². The van der Waals surface area contributed by atoms with Crippen LogP contribution in [0.15, 0.2) is 12.4 Å². The summed E-state index contributed by atoms with van der Waals surface area (Å²) >= 11 is 0. The maximum atomic E-state index is 11.1. The number of ether oxygens (including phenoxy) is 1. The van der Waals surface area contributed by atoms with E-state index in [1.165, 1.54) is 0 Å². The van der Waals surface area contributed by atoms with E-state index in [9.17, 15) is 8.42 Å². The zero-order valence-corrected chi connectivity index (χ0v) is 12.5. The lowest BCUT2D eigenvalue weighted by Crippen LogP contribution is -2.26. The standard InChI is InChI=1S/C12H19N3O4S/c1-18-12-8-13-10(7-14-12)3-5-15-6-4-11(9-15)19-20(2,16)17/h7-8,11H,3-6,9H2,1-2H3. The Morgan fingerprint density at radius 2 is 2.20 bits per heavy atom. The van der Waals surface area contributed by atoms with Gasteiger partial charge in [0, 0.05) is 26.1 Å². The smallest absolute Gasteiger partial charge is 0.264 e. The van der Waals surface area contributed by atoms with Gasteiger partial charge >= 0.3 is 0 Å². The van der Waals surface area contributed by atoms with Crippen LogP contribution in [0.5, 0.6) is 5.88 Å². The van der Waals surface area contributed by atoms with Crippen LogP contribution in [0.25, 0.3) is 0 Å². The maximum absolute atomic E-state index is 11.1. The predicted molar refractivity (Wildman–Crippen MR) is 73.1 cm³/mol. The van der Waals surface area contributed by atoms with Gasteiger partial charge < -0.3 is 9.64 Å². The van der Waals surface area contributed by atoms with Crippen molar-refractivity contribution in [1.29, 1.82) is 0 Å². The molecule has 0 radical (unpaired) electrons. The molecule has 8 heteroatoms. The number of methoxy groups -OCH3 is 1. The largest absolute Gasteiger partial charge is 0.480 e. The van der Waals surface area contributed by atoms with Crippen molar-refractivity contribution in [3.8, 4) is 5.88 Å². The minimum Gasteiger partial charge on any atom is -0.480 e. The molecule has 0 bridgehead atoms. The highest BCUT2D eigenvalue weighted by molar-refractivity contribution is 7.86. The molecule has 2 rings (SSSR count). The fraction of sp³-hybridized carbons (Fsp3) is 0.667. The fourth-order valence-electron chi connectivity index (χ4n) is 2.18. The molecule has 0 aliphatic carbocycles. The topological polar surface area (TPSA) is 81.6 Å². The summed E-state index contributed by atoms with van der Waals surface area (Å²) in [6.45, 7) is 2.28. The lowest BCUT2D eigenvalue weighted by atomic mass is 10.3. The summed E-state index contributed by atoms with van der Waals surface area (Å²) < 4.78 is 32.1. The number of hydrogen-bond donors (Lipinski definition) is 0. The quantitative estimate of drug-likeness (QED) is 0.688. The van der Waals surface area contributed by atoms with Gasteiger partial charge in [-0.25, -0.2) is 4.98 Å². The van der Waals surface area contributed by atoms with Crippen molar-refractivity contribution in [2.75, 3.05) is 33.0 Å². The number of likely N-dealkylation sites (tertiary alicyclic amines) is 1. The molecule has 1 aliphatic rings. The third-order valence-corrected chi connectivity index (χ3v) is 3.74. The summed E-state index contributed by atoms with van der Waals surface area (Å²) in [7, 11) is -1.82. The molecule has 1 fully saturated rings. The molecule has 1 unspecified atom stereocenters. The lowest BCUT2D eigenvalue weighted by Gasteiger charge is -2.15. The molecular weight excluding hydrogens is 282 g/mol. The molecule has 0 aromatic carbocycles. The van der Waals surface area contributed by atoms with Gasteiger partial charge in [0.25, 0.3) is 10.1 Å². The van der Waals surface area contributed by atoms with Gasteiger partial charge in [-0.15, -0.1) is 0 Å². The molecule has 1 aromatic heterocycles. The first-order valence-electron chi connectivity index (χ1n) is 6.42. The molecule has 1 atom stereocenters. The highest BCUT2D eigenvalue weighted by atomic mass is 32.2. The molecule has 0 N–H and O–H groups in total. The van der Waals surface area contributed by atoms with Crippen molar-refractivity contribution in [2.24, 2.45) is 0 Å². The molecule has 112 valence electrons. The second-order valence-electron chi connectivity index (χ2n) is 4.81. The Bertz CT molecular complexity index is 532. The van der Waals surface area contributed by atoms with E-state index in [2.05, 4.69) is 14.9 Å². The Balaban J connectivity index is 1.77. The highest BCUT2D eigenvalue weighted by Crippen LogP contribution is 2.15. The molecule has 1 aliphatic heterocycles. The van der Waals surface area contributed by atoms with Crippen LogP contribution in [0.1, 0.15) is 12.1 Å². The third-order valence-electron chi connectivity index (χ3n) is 3.11. The average molecular weight is 301 g/mol. The lowest BCUT2D eigenvalue weighted by molar-refractivity contribution is 0.209. The van der Waals surface area contributed by atoms with E-state index in [1.54, 1.807) is 19.5 Å². The zero-order valence-electron chi connectivity index (χ0n) is 11.7. The van der Waals surface area contributed by atoms with E-state index in [0.29, 0.717) is 12.4 Å². The second kappa shape index (κ2) is 6.47. The SMILES string of the molecule is COc1cnc(CCN2CCC(OS(C)(=O)=O)C2)cn1. The molecule has 1 saturated heterocycles. The number of aromatic nitrogens is 2. The molecule has 1 aromatic rings. The van der Waals surface area contributed by atoms with Crippen LogP contribution in [-0.4, -0.2) is 62.4 Å². The first-order valence-corrected chi connectivity index (χ1v) is 8.23. The Kier molecular flexibility index (Phi) is 4.90. The minimum absolute atomic E-state index is 0.230. The first kappa shape index (κ1) is 15.1. The summed E-state index contributed by atoms with van der Waals surface area (Å²) in [4.78, 5) is 10.5. The van der Waals surface area contributed by atoms with Crippen LogP contribution in [0.3, 0.4) is 0 Å². The summed E-state index contributed by atoms with van der Waals surface area (Å²) in [5.74, 6) is 0.497. The Morgan fingerprint density at radius 3 is 2.80 bits per heavy atom. The Morgan fingerprint density at radius 1 is 1.40 bits per heavy atom. The summed E-state index contributed by atoms with van der Waals surface area (Å²) in [6, 6.07) is 0. The normalized spacial score (nSPS) is 20.2. The predicted octanol–water partition coefficient (Wildman–Crippen LogP) is 0.0782. The van der Waals surface area contributed by atoms with Gasteiger partial charge in [0.05, 0.1) is 37.6 Å². The number of rotatable bonds is 6. The molecule has 20 heavy (non-hydrogen) atoms. The van der Waals surface area contributed by atoms with Crippen molar-refractivity contribution in [1.82, 2.24) is 14.9 Å². The van der Waals surface area contributed by atoms with Crippen molar-refractivity contribution < 1.29 is 17.3 Å². The molecular formula is C12H19N3O4S. The zero-order chi connectivity index (χ0) is 14.6. The second-order valence-corrected chi connectivity index (χ2v) is 6.41. The van der Waals surface area contributed by atoms with Crippen molar-refractivity contribution in [3.63, 3.8) is 0 Å². The summed E-state index contributed by atoms with van der Waals surface area (Å²) in [5.41, 5.74) is 0.887. The van der Waals surface area contributed by atoms with Crippen molar-refractivity contribution >= 4 is 10.1 Å². The van der Waals surface area contributed by atoms with E-state index < -0.39 is 10.1 Å². The third kappa shape index (κ3) is 4.69. The van der Waals surface area contributed by atoms with Gasteiger partial charge in [0.2, 0.25) is 5.88 Å². The summed E-state index contributed by atoms with van der Waals surface area (Å²) in [5, 5.41) is 0. The van der Waals surface area contributed by atoms with Crippen molar-refractivity contribution in [2.45, 2.75) is 18.9 Å². The van der Waals surface area contributed by atoms with Gasteiger partial charge in [-0.2, -0.15) is 8.42 Å². The van der Waals surface area contributed by atoms with Gasteiger partial charge in [-0.3, -0.25) is 9.17 Å². The van der Waals surface area contributed by atoms with Crippen LogP contribution in [0.4, 0.5) is 0 Å². The Labute approximate surface area is 119 Å². The van der Waals surface area contributed by atoms with E-state index in [0.717, 1.165) is 37.9 Å². The van der Waals surface area contributed by atoms with Gasteiger partial charge in [-0.1, -0.05) is 0 Å². The maximum Gasteiger partial charge on any atom is 0.264 e.